The summed E-state index contributed by atoms with van der Waals surface area (Å²) >= 11 is 0. The molecule has 1 heteroatoms. The average Bonchev–Trinajstić information content (AvgIpc) is 3.38. The van der Waals surface area contributed by atoms with Crippen molar-refractivity contribution in [3.8, 4) is 44.5 Å². The quantitative estimate of drug-likeness (QED) is 0.0465. The lowest BCUT2D eigenvalue weighted by Gasteiger charge is -2.31. The highest BCUT2D eigenvalue weighted by atomic mass is 15.1. The fraction of sp³-hybridized carbons (Fsp3) is 0.391. The fourth-order valence-corrected chi connectivity index (χ4v) is 10.6. The molecule has 0 saturated carbocycles. The molecule has 0 spiro atoms. The highest BCUT2D eigenvalue weighted by molar-refractivity contribution is 5.90. The van der Waals surface area contributed by atoms with Crippen LogP contribution in [0.25, 0.3) is 44.5 Å². The van der Waals surface area contributed by atoms with Crippen molar-refractivity contribution < 1.29 is 0 Å². The van der Waals surface area contributed by atoms with Crippen LogP contribution < -0.4 is 4.90 Å². The van der Waals surface area contributed by atoms with Crippen molar-refractivity contribution in [1.82, 2.24) is 0 Å². The van der Waals surface area contributed by atoms with E-state index in [1.165, 1.54) is 203 Å². The SMILES string of the molecule is CCCCCCc1ccc(-c2cc(-c3ccc(CCCCCC)cc3)cc(N(c3cc(-c4ccc(CCCCCC)cc4)cc(-c4ccc(CCCCCC)cc4)c3)c3c(C)cc(C)cc3C)c2)cc1. The Kier molecular flexibility index (Phi) is 20.2. The molecule has 0 aliphatic carbocycles. The monoisotopic (exact) mass is 928 g/mol. The highest BCUT2D eigenvalue weighted by Gasteiger charge is 2.22. The lowest BCUT2D eigenvalue weighted by Crippen LogP contribution is -2.14. The molecule has 0 bridgehead atoms. The van der Waals surface area contributed by atoms with Gasteiger partial charge >= 0.3 is 0 Å². The third kappa shape index (κ3) is 14.7. The van der Waals surface area contributed by atoms with E-state index >= 15 is 0 Å². The van der Waals surface area contributed by atoms with E-state index in [0.29, 0.717) is 0 Å². The highest BCUT2D eigenvalue weighted by Crippen LogP contribution is 2.45. The smallest absolute Gasteiger partial charge is 0.0520 e. The predicted octanol–water partition coefficient (Wildman–Crippen LogP) is 21.2. The van der Waals surface area contributed by atoms with Crippen LogP contribution in [-0.2, 0) is 25.7 Å². The molecule has 7 aromatic carbocycles. The van der Waals surface area contributed by atoms with Crippen molar-refractivity contribution in [2.75, 3.05) is 4.90 Å². The summed E-state index contributed by atoms with van der Waals surface area (Å²) in [5.74, 6) is 0. The minimum absolute atomic E-state index is 1.14. The fourth-order valence-electron chi connectivity index (χ4n) is 10.6. The number of hydrogen-bond donors (Lipinski definition) is 0. The summed E-state index contributed by atoms with van der Waals surface area (Å²) in [4.78, 5) is 2.58. The third-order valence-electron chi connectivity index (χ3n) is 14.6. The van der Waals surface area contributed by atoms with E-state index in [2.05, 4.69) is 199 Å². The zero-order valence-corrected chi connectivity index (χ0v) is 44.4. The van der Waals surface area contributed by atoms with Gasteiger partial charge in [-0.2, -0.15) is 0 Å². The Labute approximate surface area is 425 Å². The van der Waals surface area contributed by atoms with Crippen LogP contribution in [0.5, 0.6) is 0 Å². The predicted molar refractivity (Wildman–Crippen MR) is 308 cm³/mol. The van der Waals surface area contributed by atoms with Gasteiger partial charge in [-0.1, -0.05) is 220 Å². The molecular formula is C69H85N. The summed E-state index contributed by atoms with van der Waals surface area (Å²) < 4.78 is 0. The maximum Gasteiger partial charge on any atom is 0.0520 e. The molecule has 0 saturated heterocycles. The zero-order valence-electron chi connectivity index (χ0n) is 44.4. The molecule has 0 amide bonds. The van der Waals surface area contributed by atoms with Crippen LogP contribution >= 0.6 is 0 Å². The van der Waals surface area contributed by atoms with Crippen LogP contribution in [0.4, 0.5) is 17.1 Å². The van der Waals surface area contributed by atoms with Crippen LogP contribution in [0.15, 0.2) is 146 Å². The molecule has 0 aliphatic rings. The lowest BCUT2D eigenvalue weighted by atomic mass is 9.93. The van der Waals surface area contributed by atoms with E-state index in [0.717, 1.165) is 25.7 Å². The molecule has 0 aromatic heterocycles. The summed E-state index contributed by atoms with van der Waals surface area (Å²) in [5.41, 5.74) is 23.1. The molecule has 0 unspecified atom stereocenters. The van der Waals surface area contributed by atoms with E-state index in [1.807, 2.05) is 0 Å². The Morgan fingerprint density at radius 1 is 0.271 bits per heavy atom. The third-order valence-corrected chi connectivity index (χ3v) is 14.6. The van der Waals surface area contributed by atoms with E-state index in [1.54, 1.807) is 0 Å². The number of nitrogens with zero attached hydrogens (tertiary/aromatic N) is 1. The molecule has 7 rings (SSSR count). The summed E-state index contributed by atoms with van der Waals surface area (Å²) in [5, 5.41) is 0. The maximum atomic E-state index is 2.58. The first-order chi connectivity index (χ1) is 34.3. The Hall–Kier alpha value is -5.66. The normalized spacial score (nSPS) is 11.4. The molecule has 0 radical (unpaired) electrons. The van der Waals surface area contributed by atoms with E-state index in [9.17, 15) is 0 Å². The van der Waals surface area contributed by atoms with Crippen LogP contribution in [0.1, 0.15) is 169 Å². The van der Waals surface area contributed by atoms with Gasteiger partial charge in [0.25, 0.3) is 0 Å². The van der Waals surface area contributed by atoms with Gasteiger partial charge < -0.3 is 4.90 Å². The van der Waals surface area contributed by atoms with Gasteiger partial charge in [0, 0.05) is 11.4 Å². The van der Waals surface area contributed by atoms with Gasteiger partial charge in [0.15, 0.2) is 0 Å². The van der Waals surface area contributed by atoms with Crippen molar-refractivity contribution in [1.29, 1.82) is 0 Å². The van der Waals surface area contributed by atoms with Gasteiger partial charge in [0.05, 0.1) is 5.69 Å². The molecule has 70 heavy (non-hydrogen) atoms. The van der Waals surface area contributed by atoms with Crippen molar-refractivity contribution in [3.63, 3.8) is 0 Å². The molecule has 1 nitrogen and oxygen atoms in total. The number of hydrogen-bond acceptors (Lipinski definition) is 1. The number of unbranched alkanes of at least 4 members (excludes halogenated alkanes) is 12. The van der Waals surface area contributed by atoms with Gasteiger partial charge in [0.1, 0.15) is 0 Å². The van der Waals surface area contributed by atoms with E-state index < -0.39 is 0 Å². The standard InChI is InChI=1S/C69H85N/c1-8-12-16-20-24-55-28-36-59(37-29-55)63-46-64(60-38-30-56(31-39-60)25-21-17-13-9-2)49-67(48-63)70(69-53(6)44-52(5)45-54(69)7)68-50-65(61-40-32-57(33-41-61)26-22-18-14-10-3)47-66(51-68)62-42-34-58(35-43-62)27-23-19-15-11-4/h28-51H,8-27H2,1-7H3. The number of anilines is 3. The minimum Gasteiger partial charge on any atom is -0.310 e. The minimum atomic E-state index is 1.14. The molecule has 0 atom stereocenters. The molecule has 0 heterocycles. The van der Waals surface area contributed by atoms with Crippen LogP contribution in [-0.4, -0.2) is 0 Å². The Morgan fingerprint density at radius 3 is 0.771 bits per heavy atom. The van der Waals surface area contributed by atoms with Gasteiger partial charge in [0.2, 0.25) is 0 Å². The van der Waals surface area contributed by atoms with E-state index in [-0.39, 0.29) is 0 Å². The Morgan fingerprint density at radius 2 is 0.529 bits per heavy atom. The molecule has 366 valence electrons. The molecule has 0 fully saturated rings. The molecule has 7 aromatic rings. The first kappa shape index (κ1) is 52.2. The first-order valence-corrected chi connectivity index (χ1v) is 27.8. The Bertz CT molecular complexity index is 2320. The van der Waals surface area contributed by atoms with Crippen molar-refractivity contribution in [2.45, 2.75) is 177 Å². The second-order valence-electron chi connectivity index (χ2n) is 20.7. The van der Waals surface area contributed by atoms with Gasteiger partial charge in [-0.3, -0.25) is 0 Å². The topological polar surface area (TPSA) is 3.24 Å². The van der Waals surface area contributed by atoms with Gasteiger partial charge in [-0.05, 0) is 186 Å². The maximum absolute atomic E-state index is 2.58. The van der Waals surface area contributed by atoms with Crippen LogP contribution in [0.3, 0.4) is 0 Å². The molecule has 0 N–H and O–H groups in total. The Balaban J connectivity index is 1.39. The van der Waals surface area contributed by atoms with Crippen molar-refractivity contribution in [3.05, 3.63) is 185 Å². The van der Waals surface area contributed by atoms with E-state index in [4.69, 9.17) is 0 Å². The van der Waals surface area contributed by atoms with Crippen LogP contribution in [0.2, 0.25) is 0 Å². The average molecular weight is 928 g/mol. The number of aryl methyl sites for hydroxylation is 7. The van der Waals surface area contributed by atoms with Crippen LogP contribution in [0, 0.1) is 20.8 Å². The summed E-state index contributed by atoms with van der Waals surface area (Å²) in [6.07, 6.45) is 25.0. The first-order valence-electron chi connectivity index (χ1n) is 27.8. The number of benzene rings is 7. The summed E-state index contributed by atoms with van der Waals surface area (Å²) in [6, 6.07) is 57.3. The lowest BCUT2D eigenvalue weighted by molar-refractivity contribution is 0.667. The summed E-state index contributed by atoms with van der Waals surface area (Å²) in [6.45, 7) is 16.0. The second kappa shape index (κ2) is 27.1. The second-order valence-corrected chi connectivity index (χ2v) is 20.7. The van der Waals surface area contributed by atoms with Gasteiger partial charge in [-0.15, -0.1) is 0 Å². The summed E-state index contributed by atoms with van der Waals surface area (Å²) in [7, 11) is 0. The zero-order chi connectivity index (χ0) is 49.1. The van der Waals surface area contributed by atoms with Gasteiger partial charge in [-0.25, -0.2) is 0 Å². The number of rotatable bonds is 27. The molecular weight excluding hydrogens is 843 g/mol. The largest absolute Gasteiger partial charge is 0.310 e. The van der Waals surface area contributed by atoms with Crippen molar-refractivity contribution >= 4 is 17.1 Å². The van der Waals surface area contributed by atoms with Crippen molar-refractivity contribution in [2.24, 2.45) is 0 Å². The molecule has 0 aliphatic heterocycles.